The summed E-state index contributed by atoms with van der Waals surface area (Å²) in [5, 5.41) is 0.472. The Labute approximate surface area is 123 Å². The molecule has 1 aromatic carbocycles. The van der Waals surface area contributed by atoms with Crippen molar-refractivity contribution in [2.75, 3.05) is 30.5 Å². The summed E-state index contributed by atoms with van der Waals surface area (Å²) in [6, 6.07) is 11.7. The van der Waals surface area contributed by atoms with Crippen LogP contribution in [0.2, 0.25) is 5.15 Å². The minimum atomic E-state index is 0.472. The maximum atomic E-state index is 6.10. The van der Waals surface area contributed by atoms with Gasteiger partial charge in [-0.15, -0.1) is 0 Å². The van der Waals surface area contributed by atoms with Crippen LogP contribution >= 0.6 is 23.4 Å². The quantitative estimate of drug-likeness (QED) is 0.788. The minimum absolute atomic E-state index is 0.472. The van der Waals surface area contributed by atoms with Gasteiger partial charge in [-0.1, -0.05) is 41.9 Å². The Morgan fingerprint density at radius 1 is 1.21 bits per heavy atom. The standard InChI is InChI=1S/C14H16ClN3S/c1-18(8-9-19-2)13-10-12(15)16-14(17-13)11-6-4-3-5-7-11/h3-7,10H,8-9H2,1-2H3. The van der Waals surface area contributed by atoms with E-state index < -0.39 is 0 Å². The summed E-state index contributed by atoms with van der Waals surface area (Å²) in [6.45, 7) is 0.933. The third-order valence-electron chi connectivity index (χ3n) is 2.74. The van der Waals surface area contributed by atoms with E-state index in [0.717, 1.165) is 23.7 Å². The zero-order valence-electron chi connectivity index (χ0n) is 11.0. The maximum Gasteiger partial charge on any atom is 0.163 e. The van der Waals surface area contributed by atoms with Crippen LogP contribution in [-0.2, 0) is 0 Å². The van der Waals surface area contributed by atoms with Crippen molar-refractivity contribution < 1.29 is 0 Å². The molecule has 0 N–H and O–H groups in total. The summed E-state index contributed by atoms with van der Waals surface area (Å²) >= 11 is 7.91. The van der Waals surface area contributed by atoms with Crippen LogP contribution in [0.25, 0.3) is 11.4 Å². The average Bonchev–Trinajstić information content (AvgIpc) is 2.45. The molecular formula is C14H16ClN3S. The van der Waals surface area contributed by atoms with E-state index in [1.807, 2.05) is 49.1 Å². The molecule has 0 unspecified atom stereocenters. The monoisotopic (exact) mass is 293 g/mol. The molecule has 0 aliphatic heterocycles. The van der Waals surface area contributed by atoms with Crippen molar-refractivity contribution in [1.29, 1.82) is 0 Å². The number of anilines is 1. The molecule has 1 aromatic heterocycles. The fraction of sp³-hybridized carbons (Fsp3) is 0.286. The molecular weight excluding hydrogens is 278 g/mol. The SMILES string of the molecule is CSCCN(C)c1cc(Cl)nc(-c2ccccc2)n1. The Morgan fingerprint density at radius 2 is 1.95 bits per heavy atom. The van der Waals surface area contributed by atoms with Crippen molar-refractivity contribution in [2.24, 2.45) is 0 Å². The van der Waals surface area contributed by atoms with Crippen molar-refractivity contribution in [3.63, 3.8) is 0 Å². The van der Waals surface area contributed by atoms with Gasteiger partial charge >= 0.3 is 0 Å². The molecule has 1 heterocycles. The maximum absolute atomic E-state index is 6.10. The molecule has 0 spiro atoms. The zero-order valence-corrected chi connectivity index (χ0v) is 12.6. The predicted octanol–water partition coefficient (Wildman–Crippen LogP) is 3.60. The highest BCUT2D eigenvalue weighted by atomic mass is 35.5. The van der Waals surface area contributed by atoms with Crippen LogP contribution in [0.1, 0.15) is 0 Å². The number of hydrogen-bond acceptors (Lipinski definition) is 4. The normalized spacial score (nSPS) is 10.5. The molecule has 3 nitrogen and oxygen atoms in total. The number of aromatic nitrogens is 2. The first-order valence-electron chi connectivity index (χ1n) is 6.01. The molecule has 19 heavy (non-hydrogen) atoms. The second-order valence-corrected chi connectivity index (χ2v) is 5.53. The summed E-state index contributed by atoms with van der Waals surface area (Å²) in [4.78, 5) is 11.0. The topological polar surface area (TPSA) is 29.0 Å². The Bertz CT molecular complexity index is 533. The minimum Gasteiger partial charge on any atom is -0.359 e. The molecule has 0 radical (unpaired) electrons. The number of hydrogen-bond donors (Lipinski definition) is 0. The van der Waals surface area contributed by atoms with Crippen LogP contribution in [-0.4, -0.2) is 35.6 Å². The molecule has 2 rings (SSSR count). The Kier molecular flexibility index (Phi) is 5.05. The first-order chi connectivity index (χ1) is 9.20. The summed E-state index contributed by atoms with van der Waals surface area (Å²) < 4.78 is 0. The van der Waals surface area contributed by atoms with Crippen LogP contribution in [0.4, 0.5) is 5.82 Å². The van der Waals surface area contributed by atoms with E-state index in [9.17, 15) is 0 Å². The molecule has 0 aliphatic rings. The number of benzene rings is 1. The zero-order chi connectivity index (χ0) is 13.7. The van der Waals surface area contributed by atoms with E-state index in [1.165, 1.54) is 0 Å². The van der Waals surface area contributed by atoms with Crippen molar-refractivity contribution >= 4 is 29.2 Å². The molecule has 0 aliphatic carbocycles. The first-order valence-corrected chi connectivity index (χ1v) is 7.78. The van der Waals surface area contributed by atoms with Crippen molar-refractivity contribution in [2.45, 2.75) is 0 Å². The lowest BCUT2D eigenvalue weighted by atomic mass is 10.2. The van der Waals surface area contributed by atoms with Crippen LogP contribution < -0.4 is 4.90 Å². The number of thioether (sulfide) groups is 1. The van der Waals surface area contributed by atoms with Gasteiger partial charge in [-0.05, 0) is 6.26 Å². The molecule has 0 fully saturated rings. The van der Waals surface area contributed by atoms with Gasteiger partial charge in [-0.3, -0.25) is 0 Å². The summed E-state index contributed by atoms with van der Waals surface area (Å²) in [5.41, 5.74) is 0.976. The third kappa shape index (κ3) is 3.85. The molecule has 0 amide bonds. The van der Waals surface area contributed by atoms with E-state index in [4.69, 9.17) is 11.6 Å². The lowest BCUT2D eigenvalue weighted by Crippen LogP contribution is -2.21. The van der Waals surface area contributed by atoms with Gasteiger partial charge in [0.05, 0.1) is 0 Å². The third-order valence-corrected chi connectivity index (χ3v) is 3.52. The van der Waals surface area contributed by atoms with E-state index >= 15 is 0 Å². The molecule has 100 valence electrons. The van der Waals surface area contributed by atoms with Gasteiger partial charge < -0.3 is 4.90 Å². The number of halogens is 1. The van der Waals surface area contributed by atoms with Crippen LogP contribution in [0, 0.1) is 0 Å². The highest BCUT2D eigenvalue weighted by Crippen LogP contribution is 2.21. The van der Waals surface area contributed by atoms with Crippen LogP contribution in [0.15, 0.2) is 36.4 Å². The highest BCUT2D eigenvalue weighted by molar-refractivity contribution is 7.98. The summed E-state index contributed by atoms with van der Waals surface area (Å²) in [5.74, 6) is 2.57. The van der Waals surface area contributed by atoms with Crippen molar-refractivity contribution in [3.05, 3.63) is 41.6 Å². The summed E-state index contributed by atoms with van der Waals surface area (Å²) in [6.07, 6.45) is 2.09. The second kappa shape index (κ2) is 6.78. The molecule has 5 heteroatoms. The van der Waals surface area contributed by atoms with E-state index in [0.29, 0.717) is 11.0 Å². The Balaban J connectivity index is 2.29. The second-order valence-electron chi connectivity index (χ2n) is 4.15. The van der Waals surface area contributed by atoms with Gasteiger partial charge in [0, 0.05) is 31.0 Å². The van der Waals surface area contributed by atoms with Gasteiger partial charge in [-0.2, -0.15) is 11.8 Å². The largest absolute Gasteiger partial charge is 0.359 e. The molecule has 0 bridgehead atoms. The van der Waals surface area contributed by atoms with Gasteiger partial charge in [0.25, 0.3) is 0 Å². The van der Waals surface area contributed by atoms with Gasteiger partial charge in [0.2, 0.25) is 0 Å². The summed E-state index contributed by atoms with van der Waals surface area (Å²) in [7, 11) is 2.02. The van der Waals surface area contributed by atoms with Gasteiger partial charge in [0.15, 0.2) is 5.82 Å². The lowest BCUT2D eigenvalue weighted by molar-refractivity contribution is 0.939. The fourth-order valence-corrected chi connectivity index (χ4v) is 2.29. The predicted molar refractivity (Wildman–Crippen MR) is 84.1 cm³/mol. The number of rotatable bonds is 5. The fourth-order valence-electron chi connectivity index (χ4n) is 1.66. The van der Waals surface area contributed by atoms with Gasteiger partial charge in [0.1, 0.15) is 11.0 Å². The van der Waals surface area contributed by atoms with Gasteiger partial charge in [-0.25, -0.2) is 9.97 Å². The Hall–Kier alpha value is -1.26. The van der Waals surface area contributed by atoms with E-state index in [-0.39, 0.29) is 0 Å². The Morgan fingerprint density at radius 3 is 2.63 bits per heavy atom. The van der Waals surface area contributed by atoms with Crippen molar-refractivity contribution in [3.8, 4) is 11.4 Å². The van der Waals surface area contributed by atoms with E-state index in [2.05, 4.69) is 21.1 Å². The molecule has 0 saturated heterocycles. The van der Waals surface area contributed by atoms with E-state index in [1.54, 1.807) is 6.07 Å². The van der Waals surface area contributed by atoms with Crippen LogP contribution in [0.5, 0.6) is 0 Å². The molecule has 2 aromatic rings. The highest BCUT2D eigenvalue weighted by Gasteiger charge is 2.08. The van der Waals surface area contributed by atoms with Crippen LogP contribution in [0.3, 0.4) is 0 Å². The first kappa shape index (κ1) is 14.2. The lowest BCUT2D eigenvalue weighted by Gasteiger charge is -2.18. The molecule has 0 saturated carbocycles. The molecule has 0 atom stereocenters. The average molecular weight is 294 g/mol. The smallest absolute Gasteiger partial charge is 0.163 e. The van der Waals surface area contributed by atoms with Crippen molar-refractivity contribution in [1.82, 2.24) is 9.97 Å². The number of nitrogens with zero attached hydrogens (tertiary/aromatic N) is 3.